The lowest BCUT2D eigenvalue weighted by Gasteiger charge is -2.13. The van der Waals surface area contributed by atoms with E-state index in [1.807, 2.05) is 0 Å². The molecule has 0 bridgehead atoms. The van der Waals surface area contributed by atoms with Crippen LogP contribution in [0.5, 0.6) is 0 Å². The van der Waals surface area contributed by atoms with Crippen LogP contribution in [0.25, 0.3) is 0 Å². The Labute approximate surface area is 198 Å². The van der Waals surface area contributed by atoms with Crippen molar-refractivity contribution in [2.24, 2.45) is 0 Å². The molecular weight excluding hydrogens is 475 g/mol. The number of aliphatic hydroxyl groups is 2. The first kappa shape index (κ1) is 24.2. The zero-order valence-corrected chi connectivity index (χ0v) is 19.0. The Kier molecular flexibility index (Phi) is 8.63. The maximum absolute atomic E-state index is 12.9. The fraction of sp³-hybridized carbons (Fsp3) is 0.182. The minimum absolute atomic E-state index is 0.0559. The van der Waals surface area contributed by atoms with E-state index in [4.69, 9.17) is 33.0 Å². The summed E-state index contributed by atoms with van der Waals surface area (Å²) in [6.07, 6.45) is -0.985. The van der Waals surface area contributed by atoms with E-state index in [1.54, 1.807) is 47.8 Å². The summed E-state index contributed by atoms with van der Waals surface area (Å²) in [4.78, 5) is 26.1. The summed E-state index contributed by atoms with van der Waals surface area (Å²) in [5, 5.41) is 26.4. The number of carbonyl (C=O) groups is 2. The van der Waals surface area contributed by atoms with E-state index in [-0.39, 0.29) is 18.8 Å². The summed E-state index contributed by atoms with van der Waals surface area (Å²) in [5.41, 5.74) is 1.65. The van der Waals surface area contributed by atoms with E-state index in [1.165, 1.54) is 17.4 Å². The fourth-order valence-electron chi connectivity index (χ4n) is 2.73. The Balaban J connectivity index is 1.74. The van der Waals surface area contributed by atoms with Gasteiger partial charge in [-0.05, 0) is 53.9 Å². The van der Waals surface area contributed by atoms with Gasteiger partial charge < -0.3 is 25.6 Å². The topological polar surface area (TPSA) is 108 Å². The molecule has 0 fully saturated rings. The van der Waals surface area contributed by atoms with Gasteiger partial charge in [-0.2, -0.15) is 0 Å². The van der Waals surface area contributed by atoms with Gasteiger partial charge in [0.15, 0.2) is 0 Å². The van der Waals surface area contributed by atoms with Crippen molar-refractivity contribution in [2.45, 2.75) is 12.7 Å². The van der Waals surface area contributed by atoms with Crippen LogP contribution in [-0.4, -0.2) is 41.3 Å². The predicted molar refractivity (Wildman–Crippen MR) is 126 cm³/mol. The van der Waals surface area contributed by atoms with E-state index in [2.05, 4.69) is 10.6 Å². The SMILES string of the molecule is O=C(Nc1ccc(Cl)cc1)c1cc(Cl)ccc1NC(=O)c1sccc1COCC(O)CO. The number of carbonyl (C=O) groups excluding carboxylic acids is 2. The summed E-state index contributed by atoms with van der Waals surface area (Å²) < 4.78 is 5.35. The second-order valence-electron chi connectivity index (χ2n) is 6.73. The number of nitrogens with one attached hydrogen (secondary N) is 2. The zero-order valence-electron chi connectivity index (χ0n) is 16.7. The molecule has 0 spiro atoms. The number of thiophene rings is 1. The molecule has 10 heteroatoms. The number of benzene rings is 2. The number of hydrogen-bond acceptors (Lipinski definition) is 6. The molecular formula is C22H20Cl2N2O5S. The number of rotatable bonds is 9. The van der Waals surface area contributed by atoms with E-state index in [0.29, 0.717) is 31.9 Å². The highest BCUT2D eigenvalue weighted by atomic mass is 35.5. The number of amides is 2. The predicted octanol–water partition coefficient (Wildman–Crippen LogP) is 4.43. The minimum Gasteiger partial charge on any atom is -0.394 e. The van der Waals surface area contributed by atoms with E-state index in [9.17, 15) is 14.7 Å². The van der Waals surface area contributed by atoms with Gasteiger partial charge in [0.05, 0.1) is 35.9 Å². The molecule has 0 saturated carbocycles. The summed E-state index contributed by atoms with van der Waals surface area (Å²) in [7, 11) is 0. The number of aliphatic hydroxyl groups excluding tert-OH is 2. The molecule has 3 rings (SSSR count). The van der Waals surface area contributed by atoms with Gasteiger partial charge in [-0.1, -0.05) is 23.2 Å². The molecule has 3 aromatic rings. The Bertz CT molecular complexity index is 1090. The van der Waals surface area contributed by atoms with Gasteiger partial charge >= 0.3 is 0 Å². The van der Waals surface area contributed by atoms with Gasteiger partial charge in [0, 0.05) is 21.3 Å². The van der Waals surface area contributed by atoms with Crippen molar-refractivity contribution < 1.29 is 24.5 Å². The molecule has 4 N–H and O–H groups in total. The van der Waals surface area contributed by atoms with Crippen molar-refractivity contribution in [3.05, 3.63) is 80.0 Å². The highest BCUT2D eigenvalue weighted by molar-refractivity contribution is 7.12. The van der Waals surface area contributed by atoms with Crippen molar-refractivity contribution in [1.82, 2.24) is 0 Å². The molecule has 1 heterocycles. The highest BCUT2D eigenvalue weighted by Gasteiger charge is 2.18. The summed E-state index contributed by atoms with van der Waals surface area (Å²) in [6, 6.07) is 13.0. The third-order valence-corrected chi connectivity index (χ3v) is 5.75. The van der Waals surface area contributed by atoms with Crippen LogP contribution in [-0.2, 0) is 11.3 Å². The molecule has 2 amide bonds. The lowest BCUT2D eigenvalue weighted by atomic mass is 10.1. The molecule has 0 aliphatic rings. The van der Waals surface area contributed by atoms with Crippen molar-refractivity contribution in [1.29, 1.82) is 0 Å². The Morgan fingerprint density at radius 2 is 1.72 bits per heavy atom. The summed E-state index contributed by atoms with van der Waals surface area (Å²) >= 11 is 13.2. The molecule has 7 nitrogen and oxygen atoms in total. The largest absolute Gasteiger partial charge is 0.394 e. The van der Waals surface area contributed by atoms with E-state index < -0.39 is 24.5 Å². The van der Waals surface area contributed by atoms with Crippen LogP contribution in [0.1, 0.15) is 25.6 Å². The first-order chi connectivity index (χ1) is 15.4. The van der Waals surface area contributed by atoms with E-state index in [0.717, 1.165) is 0 Å². The average molecular weight is 495 g/mol. The van der Waals surface area contributed by atoms with Crippen LogP contribution in [0.4, 0.5) is 11.4 Å². The number of hydrogen-bond donors (Lipinski definition) is 4. The molecule has 0 saturated heterocycles. The monoisotopic (exact) mass is 494 g/mol. The number of halogens is 2. The van der Waals surface area contributed by atoms with Gasteiger partial charge in [0.1, 0.15) is 6.10 Å². The Morgan fingerprint density at radius 3 is 2.44 bits per heavy atom. The van der Waals surface area contributed by atoms with Crippen LogP contribution >= 0.6 is 34.5 Å². The Hall–Kier alpha value is -2.46. The first-order valence-electron chi connectivity index (χ1n) is 9.48. The lowest BCUT2D eigenvalue weighted by Crippen LogP contribution is -2.20. The normalized spacial score (nSPS) is 11.8. The van der Waals surface area contributed by atoms with Gasteiger partial charge in [0.2, 0.25) is 0 Å². The molecule has 1 aromatic heterocycles. The number of ether oxygens (including phenoxy) is 1. The fourth-order valence-corrected chi connectivity index (χ4v) is 3.83. The van der Waals surface area contributed by atoms with Crippen LogP contribution < -0.4 is 10.6 Å². The van der Waals surface area contributed by atoms with Crippen LogP contribution in [0, 0.1) is 0 Å². The van der Waals surface area contributed by atoms with Gasteiger partial charge in [-0.15, -0.1) is 11.3 Å². The molecule has 0 aliphatic heterocycles. The maximum Gasteiger partial charge on any atom is 0.266 e. The Morgan fingerprint density at radius 1 is 1.00 bits per heavy atom. The van der Waals surface area contributed by atoms with Crippen LogP contribution in [0.3, 0.4) is 0 Å². The number of anilines is 2. The maximum atomic E-state index is 12.9. The molecule has 1 atom stereocenters. The second-order valence-corrected chi connectivity index (χ2v) is 8.52. The van der Waals surface area contributed by atoms with Gasteiger partial charge in [-0.25, -0.2) is 0 Å². The third kappa shape index (κ3) is 6.52. The van der Waals surface area contributed by atoms with Crippen molar-refractivity contribution in [2.75, 3.05) is 23.8 Å². The van der Waals surface area contributed by atoms with E-state index >= 15 is 0 Å². The van der Waals surface area contributed by atoms with Crippen LogP contribution in [0.2, 0.25) is 10.0 Å². The molecule has 0 aliphatic carbocycles. The van der Waals surface area contributed by atoms with Crippen LogP contribution in [0.15, 0.2) is 53.9 Å². The zero-order chi connectivity index (χ0) is 23.1. The van der Waals surface area contributed by atoms with Crippen molar-refractivity contribution >= 4 is 57.7 Å². The highest BCUT2D eigenvalue weighted by Crippen LogP contribution is 2.25. The van der Waals surface area contributed by atoms with Gasteiger partial charge in [-0.3, -0.25) is 9.59 Å². The smallest absolute Gasteiger partial charge is 0.266 e. The molecule has 168 valence electrons. The lowest BCUT2D eigenvalue weighted by molar-refractivity contribution is -0.00000483. The summed E-state index contributed by atoms with van der Waals surface area (Å²) in [6.45, 7) is -0.373. The third-order valence-electron chi connectivity index (χ3n) is 4.31. The molecule has 1 unspecified atom stereocenters. The molecule has 2 aromatic carbocycles. The average Bonchev–Trinajstić information content (AvgIpc) is 3.25. The first-order valence-corrected chi connectivity index (χ1v) is 11.1. The van der Waals surface area contributed by atoms with Gasteiger partial charge in [0.25, 0.3) is 11.8 Å². The molecule has 32 heavy (non-hydrogen) atoms. The van der Waals surface area contributed by atoms with Crippen molar-refractivity contribution in [3.8, 4) is 0 Å². The molecule has 0 radical (unpaired) electrons. The second kappa shape index (κ2) is 11.4. The van der Waals surface area contributed by atoms with Crippen molar-refractivity contribution in [3.63, 3.8) is 0 Å². The quantitative estimate of drug-likeness (QED) is 0.351. The minimum atomic E-state index is -0.985. The summed E-state index contributed by atoms with van der Waals surface area (Å²) in [5.74, 6) is -0.859. The standard InChI is InChI=1S/C22H20Cl2N2O5S/c23-14-1-4-16(5-2-14)25-21(29)18-9-15(24)3-6-19(18)26-22(30)20-13(7-8-32-20)11-31-12-17(28)10-27/h1-9,17,27-28H,10-12H2,(H,25,29)(H,26,30).